The van der Waals surface area contributed by atoms with Crippen molar-refractivity contribution in [2.75, 3.05) is 45.3 Å². The van der Waals surface area contributed by atoms with Crippen LogP contribution in [-0.4, -0.2) is 62.1 Å². The minimum Gasteiger partial charge on any atom is -0.469 e. The predicted octanol–water partition coefficient (Wildman–Crippen LogP) is 2.45. The van der Waals surface area contributed by atoms with Gasteiger partial charge in [0, 0.05) is 26.2 Å². The molecule has 0 aromatic rings. The molecule has 1 aliphatic heterocycles. The number of halogens is 1. The SMILES string of the molecule is CCNC(=NCCCCSC)N1CC(C)C(C(=O)OC)C1.I. The van der Waals surface area contributed by atoms with Gasteiger partial charge in [-0.1, -0.05) is 6.92 Å². The molecular weight excluding hydrogens is 413 g/mol. The van der Waals surface area contributed by atoms with Gasteiger partial charge in [0.25, 0.3) is 0 Å². The van der Waals surface area contributed by atoms with Crippen molar-refractivity contribution >= 4 is 47.7 Å². The van der Waals surface area contributed by atoms with Crippen LogP contribution >= 0.6 is 35.7 Å². The first-order chi connectivity index (χ1) is 10.1. The van der Waals surface area contributed by atoms with Gasteiger partial charge in [-0.3, -0.25) is 9.79 Å². The largest absolute Gasteiger partial charge is 0.469 e. The van der Waals surface area contributed by atoms with Crippen LogP contribution in [-0.2, 0) is 9.53 Å². The summed E-state index contributed by atoms with van der Waals surface area (Å²) in [6, 6.07) is 0. The highest BCUT2D eigenvalue weighted by Crippen LogP contribution is 2.24. The Balaban J connectivity index is 0.00000441. The minimum absolute atomic E-state index is 0. The maximum absolute atomic E-state index is 11.8. The summed E-state index contributed by atoms with van der Waals surface area (Å²) in [5.41, 5.74) is 0. The molecule has 0 bridgehead atoms. The van der Waals surface area contributed by atoms with Gasteiger partial charge >= 0.3 is 5.97 Å². The van der Waals surface area contributed by atoms with Crippen LogP contribution in [0.2, 0.25) is 0 Å². The smallest absolute Gasteiger partial charge is 0.310 e. The number of hydrogen-bond donors (Lipinski definition) is 1. The van der Waals surface area contributed by atoms with Gasteiger partial charge in [-0.05, 0) is 37.7 Å². The molecule has 22 heavy (non-hydrogen) atoms. The van der Waals surface area contributed by atoms with Crippen molar-refractivity contribution in [3.8, 4) is 0 Å². The summed E-state index contributed by atoms with van der Waals surface area (Å²) in [5.74, 6) is 2.27. The van der Waals surface area contributed by atoms with Crippen LogP contribution in [0.5, 0.6) is 0 Å². The normalized spacial score (nSPS) is 21.5. The summed E-state index contributed by atoms with van der Waals surface area (Å²) in [6.45, 7) is 7.42. The van der Waals surface area contributed by atoms with E-state index in [4.69, 9.17) is 9.73 Å². The molecule has 1 rings (SSSR count). The molecule has 1 heterocycles. The zero-order valence-corrected chi connectivity index (χ0v) is 17.3. The molecule has 1 saturated heterocycles. The summed E-state index contributed by atoms with van der Waals surface area (Å²) >= 11 is 1.88. The maximum Gasteiger partial charge on any atom is 0.310 e. The lowest BCUT2D eigenvalue weighted by molar-refractivity contribution is -0.145. The van der Waals surface area contributed by atoms with E-state index in [1.165, 1.54) is 19.3 Å². The number of hydrogen-bond acceptors (Lipinski definition) is 4. The van der Waals surface area contributed by atoms with E-state index in [-0.39, 0.29) is 35.9 Å². The average Bonchev–Trinajstić information content (AvgIpc) is 2.87. The fraction of sp³-hybridized carbons (Fsp3) is 0.867. The Morgan fingerprint density at radius 2 is 2.14 bits per heavy atom. The van der Waals surface area contributed by atoms with Gasteiger partial charge in [0.2, 0.25) is 0 Å². The second kappa shape index (κ2) is 12.3. The van der Waals surface area contributed by atoms with E-state index in [1.54, 1.807) is 0 Å². The highest BCUT2D eigenvalue weighted by molar-refractivity contribution is 14.0. The summed E-state index contributed by atoms with van der Waals surface area (Å²) in [4.78, 5) is 18.6. The van der Waals surface area contributed by atoms with Gasteiger partial charge in [0.05, 0.1) is 13.0 Å². The molecule has 1 fully saturated rings. The highest BCUT2D eigenvalue weighted by Gasteiger charge is 2.36. The zero-order chi connectivity index (χ0) is 15.7. The van der Waals surface area contributed by atoms with Gasteiger partial charge < -0.3 is 15.0 Å². The van der Waals surface area contributed by atoms with Crippen LogP contribution in [0.25, 0.3) is 0 Å². The first kappa shape index (κ1) is 21.8. The molecule has 5 nitrogen and oxygen atoms in total. The van der Waals surface area contributed by atoms with Crippen LogP contribution in [0, 0.1) is 11.8 Å². The lowest BCUT2D eigenvalue weighted by Gasteiger charge is -2.21. The minimum atomic E-state index is -0.110. The molecule has 0 saturated carbocycles. The summed E-state index contributed by atoms with van der Waals surface area (Å²) in [6.07, 6.45) is 4.44. The topological polar surface area (TPSA) is 53.9 Å². The molecule has 0 aliphatic carbocycles. The van der Waals surface area contributed by atoms with E-state index < -0.39 is 0 Å². The van der Waals surface area contributed by atoms with Crippen LogP contribution in [0.3, 0.4) is 0 Å². The third-order valence-corrected chi connectivity index (χ3v) is 4.47. The molecule has 2 atom stereocenters. The number of carbonyl (C=O) groups is 1. The van der Waals surface area contributed by atoms with E-state index in [2.05, 4.69) is 30.3 Å². The molecule has 0 radical (unpaired) electrons. The number of nitrogens with one attached hydrogen (secondary N) is 1. The van der Waals surface area contributed by atoms with Crippen LogP contribution in [0.15, 0.2) is 4.99 Å². The summed E-state index contributed by atoms with van der Waals surface area (Å²) in [5, 5.41) is 3.33. The number of carbonyl (C=O) groups excluding carboxylic acids is 1. The summed E-state index contributed by atoms with van der Waals surface area (Å²) in [7, 11) is 1.46. The Hall–Kier alpha value is -0.180. The highest BCUT2D eigenvalue weighted by atomic mass is 127. The van der Waals surface area contributed by atoms with Crippen molar-refractivity contribution in [3.63, 3.8) is 0 Å². The number of thioether (sulfide) groups is 1. The number of unbranched alkanes of at least 4 members (excludes halogenated alkanes) is 1. The monoisotopic (exact) mass is 443 g/mol. The number of ether oxygens (including phenoxy) is 1. The molecule has 0 aromatic carbocycles. The Bertz CT molecular complexity index is 356. The number of rotatable bonds is 7. The Kier molecular flexibility index (Phi) is 12.2. The van der Waals surface area contributed by atoms with Crippen molar-refractivity contribution < 1.29 is 9.53 Å². The fourth-order valence-corrected chi connectivity index (χ4v) is 3.06. The third-order valence-electron chi connectivity index (χ3n) is 3.77. The third kappa shape index (κ3) is 6.93. The lowest BCUT2D eigenvalue weighted by atomic mass is 9.99. The number of methoxy groups -OCH3 is 1. The van der Waals surface area contributed by atoms with E-state index in [9.17, 15) is 4.79 Å². The van der Waals surface area contributed by atoms with Crippen LogP contribution < -0.4 is 5.32 Å². The summed E-state index contributed by atoms with van der Waals surface area (Å²) < 4.78 is 4.89. The Labute approximate surface area is 156 Å². The van der Waals surface area contributed by atoms with Gasteiger partial charge in [-0.25, -0.2) is 0 Å². The Morgan fingerprint density at radius 1 is 1.41 bits per heavy atom. The van der Waals surface area contributed by atoms with Gasteiger partial charge in [-0.15, -0.1) is 24.0 Å². The first-order valence-electron chi connectivity index (χ1n) is 7.74. The molecule has 0 aromatic heterocycles. The van der Waals surface area contributed by atoms with Crippen molar-refractivity contribution in [2.24, 2.45) is 16.8 Å². The molecular formula is C15H30IN3O2S. The van der Waals surface area contributed by atoms with Gasteiger partial charge in [0.1, 0.15) is 0 Å². The van der Waals surface area contributed by atoms with Gasteiger partial charge in [-0.2, -0.15) is 11.8 Å². The van der Waals surface area contributed by atoms with Gasteiger partial charge in [0.15, 0.2) is 5.96 Å². The van der Waals surface area contributed by atoms with Crippen molar-refractivity contribution in [3.05, 3.63) is 0 Å². The Morgan fingerprint density at radius 3 is 2.73 bits per heavy atom. The lowest BCUT2D eigenvalue weighted by Crippen LogP contribution is -2.40. The van der Waals surface area contributed by atoms with Crippen molar-refractivity contribution in [1.29, 1.82) is 0 Å². The number of guanidine groups is 1. The average molecular weight is 443 g/mol. The predicted molar refractivity (Wildman–Crippen MR) is 105 cm³/mol. The number of nitrogens with zero attached hydrogens (tertiary/aromatic N) is 2. The fourth-order valence-electron chi connectivity index (χ4n) is 2.57. The van der Waals surface area contributed by atoms with E-state index in [0.717, 1.165) is 32.0 Å². The number of aliphatic imine (C=N–C) groups is 1. The molecule has 0 spiro atoms. The molecule has 7 heteroatoms. The van der Waals surface area contributed by atoms with Crippen LogP contribution in [0.1, 0.15) is 26.7 Å². The standard InChI is InChI=1S/C15H29N3O2S.HI/c1-5-16-15(17-8-6-7-9-21-4)18-10-12(2)13(11-18)14(19)20-3;/h12-13H,5-11H2,1-4H3,(H,16,17);1H. The van der Waals surface area contributed by atoms with E-state index in [0.29, 0.717) is 12.5 Å². The molecule has 2 unspecified atom stereocenters. The van der Waals surface area contributed by atoms with Crippen molar-refractivity contribution in [1.82, 2.24) is 10.2 Å². The first-order valence-corrected chi connectivity index (χ1v) is 9.13. The quantitative estimate of drug-likeness (QED) is 0.215. The van der Waals surface area contributed by atoms with E-state index in [1.807, 2.05) is 11.8 Å². The van der Waals surface area contributed by atoms with Crippen molar-refractivity contribution in [2.45, 2.75) is 26.7 Å². The van der Waals surface area contributed by atoms with E-state index >= 15 is 0 Å². The zero-order valence-electron chi connectivity index (χ0n) is 14.1. The molecule has 130 valence electrons. The van der Waals surface area contributed by atoms with Crippen LogP contribution in [0.4, 0.5) is 0 Å². The molecule has 1 N–H and O–H groups in total. The second-order valence-corrected chi connectivity index (χ2v) is 6.43. The number of likely N-dealkylation sites (tertiary alicyclic amines) is 1. The number of esters is 1. The maximum atomic E-state index is 11.8. The molecule has 1 aliphatic rings. The molecule has 0 amide bonds. The second-order valence-electron chi connectivity index (χ2n) is 5.45.